The minimum atomic E-state index is -0.256. The monoisotopic (exact) mass is 406 g/mol. The number of Topliss-reactive ketones (excluding diaryl/α,β-unsaturated/α-hetero) is 1. The average Bonchev–Trinajstić information content (AvgIpc) is 2.67. The topological polar surface area (TPSA) is 62.1 Å². The van der Waals surface area contributed by atoms with Crippen LogP contribution in [0.2, 0.25) is 0 Å². The molecule has 0 heterocycles. The smallest absolute Gasteiger partial charge is 0.142 e. The van der Waals surface area contributed by atoms with Crippen LogP contribution in [0.4, 0.5) is 0 Å². The van der Waals surface area contributed by atoms with Gasteiger partial charge in [0.2, 0.25) is 0 Å². The van der Waals surface area contributed by atoms with Gasteiger partial charge in [0.05, 0.1) is 6.10 Å². The van der Waals surface area contributed by atoms with Gasteiger partial charge < -0.3 is 14.8 Å². The van der Waals surface area contributed by atoms with Crippen molar-refractivity contribution in [2.75, 3.05) is 27.2 Å². The lowest BCUT2D eigenvalue weighted by Gasteiger charge is -2.58. The molecule has 1 N–H and O–H groups in total. The molecule has 0 aromatic heterocycles. The van der Waals surface area contributed by atoms with Crippen molar-refractivity contribution in [3.63, 3.8) is 0 Å². The van der Waals surface area contributed by atoms with Gasteiger partial charge >= 0.3 is 0 Å². The normalized spacial score (nSPS) is 41.3. The lowest BCUT2D eigenvalue weighted by atomic mass is 9.46. The van der Waals surface area contributed by atoms with Gasteiger partial charge in [0.15, 0.2) is 0 Å². The number of hydrogen-bond acceptors (Lipinski definition) is 5. The van der Waals surface area contributed by atoms with Gasteiger partial charge in [0, 0.05) is 24.1 Å². The standard InChI is InChI=1S/C24H42N2O3/c1-17(10-13-25-29-15-14-26(4)5)23(2)12-9-21-20(22(23)28)7-6-18-16-19(27)8-11-24(18,21)3/h13,17-21,27H,6-12,14-16H2,1-5H3/b25-13+/t17-,18+,19-,20?,21?,23+,24-/m0/s1. The zero-order chi connectivity index (χ0) is 21.2. The van der Waals surface area contributed by atoms with Crippen LogP contribution in [0.1, 0.15) is 72.1 Å². The number of rotatable bonds is 7. The number of carbonyl (C=O) groups is 1. The summed E-state index contributed by atoms with van der Waals surface area (Å²) in [5, 5.41) is 14.2. The van der Waals surface area contributed by atoms with Crippen molar-refractivity contribution in [2.24, 2.45) is 39.7 Å². The highest BCUT2D eigenvalue weighted by Gasteiger charge is 2.57. The maximum Gasteiger partial charge on any atom is 0.142 e. The first-order valence-electron chi connectivity index (χ1n) is 11.7. The summed E-state index contributed by atoms with van der Waals surface area (Å²) in [7, 11) is 4.03. The zero-order valence-electron chi connectivity index (χ0n) is 19.2. The van der Waals surface area contributed by atoms with Crippen molar-refractivity contribution >= 4 is 12.0 Å². The van der Waals surface area contributed by atoms with E-state index in [1.54, 1.807) is 0 Å². The Morgan fingerprint density at radius 3 is 2.72 bits per heavy atom. The Morgan fingerprint density at radius 1 is 1.24 bits per heavy atom. The van der Waals surface area contributed by atoms with Gasteiger partial charge in [-0.25, -0.2) is 0 Å². The van der Waals surface area contributed by atoms with Crippen LogP contribution in [0.25, 0.3) is 0 Å². The van der Waals surface area contributed by atoms with Gasteiger partial charge in [-0.2, -0.15) is 0 Å². The number of likely N-dealkylation sites (N-methyl/N-ethyl adjacent to an activating group) is 1. The summed E-state index contributed by atoms with van der Waals surface area (Å²) in [5.74, 6) is 2.07. The molecule has 166 valence electrons. The second-order valence-corrected chi connectivity index (χ2v) is 10.8. The van der Waals surface area contributed by atoms with Crippen LogP contribution in [0.5, 0.6) is 0 Å². The third-order valence-corrected chi connectivity index (χ3v) is 8.86. The molecule has 0 aromatic rings. The molecule has 3 aliphatic carbocycles. The van der Waals surface area contributed by atoms with Crippen LogP contribution in [-0.2, 0) is 9.63 Å². The molecule has 0 spiro atoms. The van der Waals surface area contributed by atoms with E-state index in [4.69, 9.17) is 4.84 Å². The maximum absolute atomic E-state index is 13.7. The Morgan fingerprint density at radius 2 is 2.00 bits per heavy atom. The van der Waals surface area contributed by atoms with E-state index in [0.29, 0.717) is 24.2 Å². The molecule has 7 atom stereocenters. The van der Waals surface area contributed by atoms with Crippen molar-refractivity contribution in [3.05, 3.63) is 0 Å². The van der Waals surface area contributed by atoms with Gasteiger partial charge in [0.1, 0.15) is 12.4 Å². The minimum Gasteiger partial charge on any atom is -0.395 e. The first-order valence-corrected chi connectivity index (χ1v) is 11.7. The van der Waals surface area contributed by atoms with E-state index in [1.165, 1.54) is 0 Å². The number of aliphatic hydroxyl groups excluding tert-OH is 1. The van der Waals surface area contributed by atoms with Gasteiger partial charge in [-0.3, -0.25) is 4.79 Å². The maximum atomic E-state index is 13.7. The number of carbonyl (C=O) groups excluding carboxylic acids is 1. The molecule has 3 saturated carbocycles. The molecule has 3 aliphatic rings. The zero-order valence-corrected chi connectivity index (χ0v) is 19.2. The highest BCUT2D eigenvalue weighted by atomic mass is 16.6. The van der Waals surface area contributed by atoms with E-state index < -0.39 is 0 Å². The van der Waals surface area contributed by atoms with Crippen LogP contribution < -0.4 is 0 Å². The second kappa shape index (κ2) is 9.05. The lowest BCUT2D eigenvalue weighted by Crippen LogP contribution is -2.55. The van der Waals surface area contributed by atoms with Crippen LogP contribution in [-0.4, -0.2) is 55.4 Å². The summed E-state index contributed by atoms with van der Waals surface area (Å²) in [5.41, 5.74) is -0.0156. The van der Waals surface area contributed by atoms with Crippen molar-refractivity contribution in [3.8, 4) is 0 Å². The van der Waals surface area contributed by atoms with Gasteiger partial charge in [0.25, 0.3) is 0 Å². The fourth-order valence-corrected chi connectivity index (χ4v) is 6.50. The van der Waals surface area contributed by atoms with Crippen LogP contribution >= 0.6 is 0 Å². The number of ketones is 1. The number of fused-ring (bicyclic) bond motifs is 3. The minimum absolute atomic E-state index is 0.131. The van der Waals surface area contributed by atoms with Gasteiger partial charge in [-0.15, -0.1) is 0 Å². The number of oxime groups is 1. The summed E-state index contributed by atoms with van der Waals surface area (Å²) >= 11 is 0. The molecule has 0 aromatic carbocycles. The predicted molar refractivity (Wildman–Crippen MR) is 117 cm³/mol. The fraction of sp³-hybridized carbons (Fsp3) is 0.917. The van der Waals surface area contributed by atoms with Gasteiger partial charge in [-0.05, 0) is 88.6 Å². The average molecular weight is 407 g/mol. The SMILES string of the molecule is C[C@@H](C/C=N/OCCN(C)C)[C@@]1(C)CCC2C(CC[C@@H]3C[C@@H](O)CC[C@]23C)C1=O. The van der Waals surface area contributed by atoms with Crippen LogP contribution in [0.3, 0.4) is 0 Å². The summed E-state index contributed by atoms with van der Waals surface area (Å²) in [6.07, 6.45) is 9.68. The van der Waals surface area contributed by atoms with E-state index in [2.05, 4.69) is 30.8 Å². The van der Waals surface area contributed by atoms with Crippen molar-refractivity contribution in [1.82, 2.24) is 4.90 Å². The van der Waals surface area contributed by atoms with E-state index >= 15 is 0 Å². The molecule has 0 amide bonds. The Kier molecular flexibility index (Phi) is 7.10. The molecule has 5 nitrogen and oxygen atoms in total. The molecule has 0 aliphatic heterocycles. The molecule has 2 unspecified atom stereocenters. The van der Waals surface area contributed by atoms with Crippen molar-refractivity contribution in [1.29, 1.82) is 0 Å². The molecule has 29 heavy (non-hydrogen) atoms. The molecule has 3 rings (SSSR count). The molecular weight excluding hydrogens is 364 g/mol. The highest BCUT2D eigenvalue weighted by Crippen LogP contribution is 2.61. The molecule has 5 heteroatoms. The van der Waals surface area contributed by atoms with E-state index in [1.807, 2.05) is 20.3 Å². The lowest BCUT2D eigenvalue weighted by molar-refractivity contribution is -0.156. The Hall–Kier alpha value is -0.940. The number of aliphatic hydroxyl groups is 1. The van der Waals surface area contributed by atoms with E-state index in [-0.39, 0.29) is 28.8 Å². The Balaban J connectivity index is 1.60. The molecule has 0 bridgehead atoms. The first kappa shape index (κ1) is 22.7. The fourth-order valence-electron chi connectivity index (χ4n) is 6.50. The molecule has 0 saturated heterocycles. The van der Waals surface area contributed by atoms with Crippen molar-refractivity contribution < 1.29 is 14.7 Å². The van der Waals surface area contributed by atoms with Crippen LogP contribution in [0, 0.1) is 34.5 Å². The Bertz CT molecular complexity index is 607. The highest BCUT2D eigenvalue weighted by molar-refractivity contribution is 5.88. The molecule has 3 fully saturated rings. The number of nitrogens with zero attached hydrogens (tertiary/aromatic N) is 2. The second-order valence-electron chi connectivity index (χ2n) is 10.8. The Labute approximate surface area is 177 Å². The molecule has 0 radical (unpaired) electrons. The molecular formula is C24H42N2O3. The summed E-state index contributed by atoms with van der Waals surface area (Å²) in [6.45, 7) is 8.25. The third-order valence-electron chi connectivity index (χ3n) is 8.86. The summed E-state index contributed by atoms with van der Waals surface area (Å²) in [4.78, 5) is 21.1. The first-order chi connectivity index (χ1) is 13.7. The number of hydrogen-bond donors (Lipinski definition) is 1. The van der Waals surface area contributed by atoms with Crippen LogP contribution in [0.15, 0.2) is 5.16 Å². The predicted octanol–water partition coefficient (Wildman–Crippen LogP) is 4.14. The third kappa shape index (κ3) is 4.56. The summed E-state index contributed by atoms with van der Waals surface area (Å²) < 4.78 is 0. The van der Waals surface area contributed by atoms with Gasteiger partial charge in [-0.1, -0.05) is 25.9 Å². The largest absolute Gasteiger partial charge is 0.395 e. The summed E-state index contributed by atoms with van der Waals surface area (Å²) in [6, 6.07) is 0. The van der Waals surface area contributed by atoms with E-state index in [9.17, 15) is 9.90 Å². The van der Waals surface area contributed by atoms with Crippen molar-refractivity contribution in [2.45, 2.75) is 78.2 Å². The van der Waals surface area contributed by atoms with E-state index in [0.717, 1.165) is 57.9 Å². The quantitative estimate of drug-likeness (QED) is 0.392.